The first-order chi connectivity index (χ1) is 9.08. The van der Waals surface area contributed by atoms with Crippen LogP contribution in [0, 0.1) is 0 Å². The number of nitrogens with two attached hydrogens (primary N) is 2. The second-order valence-electron chi connectivity index (χ2n) is 5.33. The molecule has 5 nitrogen and oxygen atoms in total. The summed E-state index contributed by atoms with van der Waals surface area (Å²) in [5.74, 6) is 0.0921. The predicted molar refractivity (Wildman–Crippen MR) is 76.9 cm³/mol. The van der Waals surface area contributed by atoms with Gasteiger partial charge in [0.25, 0.3) is 5.91 Å². The topological polar surface area (TPSA) is 81.6 Å². The molecule has 1 aromatic rings. The molecular weight excluding hydrogens is 262 g/mol. The standard InChI is InChI=1S/C13H19N3O2S/c1-7-6-16(4-5-18-7)13-9(8-2-3-8)10(14)11(19-13)12(15)17/h7-8H,2-6,14H2,1H3,(H2,15,17). The lowest BCUT2D eigenvalue weighted by Crippen LogP contribution is -2.41. The summed E-state index contributed by atoms with van der Waals surface area (Å²) in [5.41, 5.74) is 13.3. The predicted octanol–water partition coefficient (Wildman–Crippen LogP) is 1.53. The smallest absolute Gasteiger partial charge is 0.260 e. The fraction of sp³-hybridized carbons (Fsp3) is 0.615. The van der Waals surface area contributed by atoms with Gasteiger partial charge in [-0.2, -0.15) is 0 Å². The average Bonchev–Trinajstić information content (AvgIpc) is 3.12. The molecule has 19 heavy (non-hydrogen) atoms. The van der Waals surface area contributed by atoms with Crippen LogP contribution < -0.4 is 16.4 Å². The van der Waals surface area contributed by atoms with Crippen molar-refractivity contribution in [1.82, 2.24) is 0 Å². The molecule has 0 bridgehead atoms. The molecule has 0 radical (unpaired) electrons. The van der Waals surface area contributed by atoms with Crippen LogP contribution in [0.4, 0.5) is 10.7 Å². The number of nitrogen functional groups attached to an aromatic ring is 1. The highest BCUT2D eigenvalue weighted by molar-refractivity contribution is 7.18. The number of ether oxygens (including phenoxy) is 1. The summed E-state index contributed by atoms with van der Waals surface area (Å²) in [4.78, 5) is 14.3. The molecule has 0 spiro atoms. The van der Waals surface area contributed by atoms with Crippen LogP contribution in [0.2, 0.25) is 0 Å². The highest BCUT2D eigenvalue weighted by atomic mass is 32.1. The first-order valence-corrected chi connectivity index (χ1v) is 7.48. The van der Waals surface area contributed by atoms with Gasteiger partial charge in [-0.1, -0.05) is 0 Å². The molecule has 1 atom stereocenters. The third-order valence-corrected chi connectivity index (χ3v) is 5.00. The van der Waals surface area contributed by atoms with Crippen molar-refractivity contribution in [2.45, 2.75) is 31.8 Å². The molecule has 1 saturated heterocycles. The monoisotopic (exact) mass is 281 g/mol. The molecular formula is C13H19N3O2S. The van der Waals surface area contributed by atoms with Gasteiger partial charge in [0, 0.05) is 18.7 Å². The minimum atomic E-state index is -0.419. The summed E-state index contributed by atoms with van der Waals surface area (Å²) in [6.45, 7) is 4.48. The van der Waals surface area contributed by atoms with Crippen LogP contribution in [0.25, 0.3) is 0 Å². The summed E-state index contributed by atoms with van der Waals surface area (Å²) >= 11 is 1.44. The van der Waals surface area contributed by atoms with E-state index in [-0.39, 0.29) is 6.10 Å². The molecule has 1 aliphatic heterocycles. The van der Waals surface area contributed by atoms with Gasteiger partial charge >= 0.3 is 0 Å². The van der Waals surface area contributed by atoms with Gasteiger partial charge in [0.1, 0.15) is 4.88 Å². The van der Waals surface area contributed by atoms with Gasteiger partial charge in [-0.25, -0.2) is 0 Å². The van der Waals surface area contributed by atoms with Gasteiger partial charge in [-0.05, 0) is 25.7 Å². The third kappa shape index (κ3) is 2.30. The summed E-state index contributed by atoms with van der Waals surface area (Å²) < 4.78 is 5.57. The van der Waals surface area contributed by atoms with Gasteiger partial charge in [0.05, 0.1) is 23.4 Å². The van der Waals surface area contributed by atoms with E-state index in [2.05, 4.69) is 11.8 Å². The van der Waals surface area contributed by atoms with E-state index in [1.165, 1.54) is 11.3 Å². The maximum atomic E-state index is 11.5. The average molecular weight is 281 g/mol. The minimum Gasteiger partial charge on any atom is -0.397 e. The molecule has 0 aromatic carbocycles. The van der Waals surface area contributed by atoms with E-state index >= 15 is 0 Å². The molecule has 1 amide bonds. The molecule has 2 heterocycles. The number of rotatable bonds is 3. The Labute approximate surface area is 116 Å². The van der Waals surface area contributed by atoms with Crippen molar-refractivity contribution in [3.63, 3.8) is 0 Å². The molecule has 104 valence electrons. The Balaban J connectivity index is 1.99. The number of carbonyl (C=O) groups excluding carboxylic acids is 1. The Morgan fingerprint density at radius 1 is 1.47 bits per heavy atom. The Morgan fingerprint density at radius 2 is 2.21 bits per heavy atom. The van der Waals surface area contributed by atoms with Gasteiger partial charge in [-0.15, -0.1) is 11.3 Å². The SMILES string of the molecule is CC1CN(c2sc(C(N)=O)c(N)c2C2CC2)CCO1. The van der Waals surface area contributed by atoms with Gasteiger partial charge < -0.3 is 21.1 Å². The number of hydrogen-bond donors (Lipinski definition) is 2. The lowest BCUT2D eigenvalue weighted by atomic mass is 10.1. The lowest BCUT2D eigenvalue weighted by Gasteiger charge is -2.32. The molecule has 4 N–H and O–H groups in total. The van der Waals surface area contributed by atoms with E-state index in [0.717, 1.165) is 43.1 Å². The van der Waals surface area contributed by atoms with Crippen LogP contribution in [0.1, 0.15) is 40.9 Å². The number of thiophene rings is 1. The van der Waals surface area contributed by atoms with Crippen molar-refractivity contribution in [2.75, 3.05) is 30.3 Å². The van der Waals surface area contributed by atoms with Crippen LogP contribution >= 0.6 is 11.3 Å². The second-order valence-corrected chi connectivity index (χ2v) is 6.33. The third-order valence-electron chi connectivity index (χ3n) is 3.70. The molecule has 2 aliphatic rings. The van der Waals surface area contributed by atoms with E-state index in [1.54, 1.807) is 0 Å². The fourth-order valence-corrected chi connectivity index (χ4v) is 3.83. The van der Waals surface area contributed by atoms with E-state index in [4.69, 9.17) is 16.2 Å². The zero-order chi connectivity index (χ0) is 13.6. The first-order valence-electron chi connectivity index (χ1n) is 6.66. The molecule has 2 fully saturated rings. The van der Waals surface area contributed by atoms with Crippen molar-refractivity contribution in [3.05, 3.63) is 10.4 Å². The zero-order valence-electron chi connectivity index (χ0n) is 11.0. The fourth-order valence-electron chi connectivity index (χ4n) is 2.63. The molecule has 1 aliphatic carbocycles. The number of amides is 1. The molecule has 1 unspecified atom stereocenters. The maximum absolute atomic E-state index is 11.5. The van der Waals surface area contributed by atoms with E-state index in [1.807, 2.05) is 0 Å². The van der Waals surface area contributed by atoms with Crippen LogP contribution in [0.5, 0.6) is 0 Å². The van der Waals surface area contributed by atoms with E-state index in [0.29, 0.717) is 16.5 Å². The number of primary amides is 1. The number of carbonyl (C=O) groups is 1. The van der Waals surface area contributed by atoms with E-state index in [9.17, 15) is 4.79 Å². The minimum absolute atomic E-state index is 0.209. The molecule has 6 heteroatoms. The van der Waals surface area contributed by atoms with Gasteiger partial charge in [0.15, 0.2) is 0 Å². The van der Waals surface area contributed by atoms with Crippen LogP contribution in [0.15, 0.2) is 0 Å². The number of morpholine rings is 1. The number of hydrogen-bond acceptors (Lipinski definition) is 5. The summed E-state index contributed by atoms with van der Waals surface area (Å²) in [7, 11) is 0. The Hall–Kier alpha value is -1.27. The van der Waals surface area contributed by atoms with Crippen molar-refractivity contribution < 1.29 is 9.53 Å². The normalized spacial score (nSPS) is 23.6. The molecule has 1 aromatic heterocycles. The Kier molecular flexibility index (Phi) is 3.14. The number of nitrogens with zero attached hydrogens (tertiary/aromatic N) is 1. The highest BCUT2D eigenvalue weighted by Gasteiger charge is 2.35. The second kappa shape index (κ2) is 4.68. The van der Waals surface area contributed by atoms with Crippen molar-refractivity contribution >= 4 is 27.9 Å². The first kappa shape index (κ1) is 12.7. The number of anilines is 2. The van der Waals surface area contributed by atoms with E-state index < -0.39 is 5.91 Å². The van der Waals surface area contributed by atoms with Crippen LogP contribution in [-0.4, -0.2) is 31.7 Å². The maximum Gasteiger partial charge on any atom is 0.260 e. The molecule has 1 saturated carbocycles. The van der Waals surface area contributed by atoms with Gasteiger partial charge in [0.2, 0.25) is 0 Å². The van der Waals surface area contributed by atoms with Crippen LogP contribution in [-0.2, 0) is 4.74 Å². The highest BCUT2D eigenvalue weighted by Crippen LogP contribution is 2.52. The van der Waals surface area contributed by atoms with Crippen LogP contribution in [0.3, 0.4) is 0 Å². The van der Waals surface area contributed by atoms with Crippen molar-refractivity contribution in [2.24, 2.45) is 5.73 Å². The summed E-state index contributed by atoms with van der Waals surface area (Å²) in [6, 6.07) is 0. The zero-order valence-corrected chi connectivity index (χ0v) is 11.8. The molecule has 3 rings (SSSR count). The van der Waals surface area contributed by atoms with Gasteiger partial charge in [-0.3, -0.25) is 4.79 Å². The lowest BCUT2D eigenvalue weighted by molar-refractivity contribution is 0.0534. The summed E-state index contributed by atoms with van der Waals surface area (Å²) in [6.07, 6.45) is 2.53. The Morgan fingerprint density at radius 3 is 2.79 bits per heavy atom. The van der Waals surface area contributed by atoms with Crippen molar-refractivity contribution in [3.8, 4) is 0 Å². The largest absolute Gasteiger partial charge is 0.397 e. The quantitative estimate of drug-likeness (QED) is 0.880. The summed E-state index contributed by atoms with van der Waals surface area (Å²) in [5, 5.41) is 1.13. The Bertz CT molecular complexity index is 510. The van der Waals surface area contributed by atoms with Crippen molar-refractivity contribution in [1.29, 1.82) is 0 Å².